The number of carbonyl (C=O) groups excluding carboxylic acids is 1. The molecular weight excluding hydrogens is 443 g/mol. The van der Waals surface area contributed by atoms with Crippen molar-refractivity contribution in [2.24, 2.45) is 0 Å². The van der Waals surface area contributed by atoms with Crippen LogP contribution in [0.15, 0.2) is 42.6 Å². The molecule has 0 atom stereocenters. The van der Waals surface area contributed by atoms with Gasteiger partial charge in [-0.05, 0) is 50.6 Å². The van der Waals surface area contributed by atoms with Gasteiger partial charge in [-0.15, -0.1) is 0 Å². The monoisotopic (exact) mass is 465 g/mol. The number of alkyl halides is 3. The van der Waals surface area contributed by atoms with Crippen molar-refractivity contribution < 1.29 is 37.3 Å². The van der Waals surface area contributed by atoms with Crippen molar-refractivity contribution in [2.45, 2.75) is 45.6 Å². The molecule has 0 bridgehead atoms. The number of carboxylic acids is 1. The molecule has 0 radical (unpaired) electrons. The van der Waals surface area contributed by atoms with Crippen molar-refractivity contribution in [1.29, 1.82) is 0 Å². The molecule has 0 aliphatic rings. The van der Waals surface area contributed by atoms with Gasteiger partial charge in [0.2, 0.25) is 5.88 Å². The molecule has 2 aromatic heterocycles. The molecule has 0 saturated carbocycles. The number of pyridine rings is 1. The molecule has 8 nitrogen and oxygen atoms in total. The highest BCUT2D eigenvalue weighted by Crippen LogP contribution is 2.34. The number of hydrogen-bond donors (Lipinski definition) is 2. The number of carboxylic acid groups (broad SMARTS) is 1. The highest BCUT2D eigenvalue weighted by atomic mass is 19.4. The zero-order valence-electron chi connectivity index (χ0n) is 18.1. The second-order valence-electron chi connectivity index (χ2n) is 8.18. The van der Waals surface area contributed by atoms with E-state index in [0.29, 0.717) is 10.9 Å². The minimum Gasteiger partial charge on any atom is -0.480 e. The van der Waals surface area contributed by atoms with Gasteiger partial charge in [-0.25, -0.2) is 9.78 Å². The summed E-state index contributed by atoms with van der Waals surface area (Å²) in [5.41, 5.74) is -1.30. The van der Waals surface area contributed by atoms with Crippen LogP contribution < -0.4 is 10.1 Å². The maximum absolute atomic E-state index is 13.4. The minimum absolute atomic E-state index is 0.105. The van der Waals surface area contributed by atoms with Gasteiger partial charge >= 0.3 is 18.2 Å². The summed E-state index contributed by atoms with van der Waals surface area (Å²) in [6.07, 6.45) is -3.97. The van der Waals surface area contributed by atoms with Crippen LogP contribution in [0.25, 0.3) is 10.9 Å². The first-order valence-electron chi connectivity index (χ1n) is 9.84. The molecule has 0 saturated heterocycles. The van der Waals surface area contributed by atoms with E-state index in [1.54, 1.807) is 45.2 Å². The molecule has 0 aliphatic carbocycles. The average Bonchev–Trinajstić information content (AvgIpc) is 3.07. The second-order valence-corrected chi connectivity index (χ2v) is 8.18. The topological polar surface area (TPSA) is 103 Å². The summed E-state index contributed by atoms with van der Waals surface area (Å²) in [5.74, 6) is -1.17. The van der Waals surface area contributed by atoms with Gasteiger partial charge in [0.1, 0.15) is 23.6 Å². The van der Waals surface area contributed by atoms with Gasteiger partial charge in [-0.2, -0.15) is 13.2 Å². The summed E-state index contributed by atoms with van der Waals surface area (Å²) in [4.78, 5) is 26.5. The lowest BCUT2D eigenvalue weighted by Crippen LogP contribution is -2.32. The summed E-state index contributed by atoms with van der Waals surface area (Å²) >= 11 is 0. The Morgan fingerprint density at radius 3 is 2.52 bits per heavy atom. The molecular formula is C22H22F3N3O5. The zero-order valence-corrected chi connectivity index (χ0v) is 18.1. The molecule has 1 aromatic carbocycles. The van der Waals surface area contributed by atoms with E-state index in [1.807, 2.05) is 0 Å². The van der Waals surface area contributed by atoms with Crippen LogP contribution in [0.4, 0.5) is 18.0 Å². The van der Waals surface area contributed by atoms with Gasteiger partial charge in [0, 0.05) is 24.2 Å². The smallest absolute Gasteiger partial charge is 0.433 e. The maximum atomic E-state index is 13.4. The fourth-order valence-corrected chi connectivity index (χ4v) is 3.03. The highest BCUT2D eigenvalue weighted by Gasteiger charge is 2.33. The van der Waals surface area contributed by atoms with Crippen molar-refractivity contribution in [3.05, 3.63) is 53.9 Å². The lowest BCUT2D eigenvalue weighted by atomic mass is 10.2. The molecule has 0 spiro atoms. The van der Waals surface area contributed by atoms with Gasteiger partial charge in [-0.3, -0.25) is 4.79 Å². The lowest BCUT2D eigenvalue weighted by Gasteiger charge is -2.20. The number of ether oxygens (including phenoxy) is 2. The summed E-state index contributed by atoms with van der Waals surface area (Å²) in [5, 5.41) is 11.9. The van der Waals surface area contributed by atoms with Crippen LogP contribution in [0.5, 0.6) is 11.6 Å². The molecule has 11 heteroatoms. The first-order valence-corrected chi connectivity index (χ1v) is 9.84. The number of halogens is 3. The maximum Gasteiger partial charge on any atom is 0.433 e. The van der Waals surface area contributed by atoms with Crippen LogP contribution in [0.3, 0.4) is 0 Å². The minimum atomic E-state index is -4.74. The van der Waals surface area contributed by atoms with E-state index in [4.69, 9.17) is 14.6 Å². The SMILES string of the molecule is CC(C)(C)OC(=O)NCc1cc(Oc2cccc3c2ccn3CC(=O)O)nc(C(F)(F)F)c1. The normalized spacial score (nSPS) is 11.9. The second kappa shape index (κ2) is 9.00. The largest absolute Gasteiger partial charge is 0.480 e. The van der Waals surface area contributed by atoms with E-state index < -0.39 is 29.5 Å². The van der Waals surface area contributed by atoms with E-state index in [-0.39, 0.29) is 30.3 Å². The van der Waals surface area contributed by atoms with E-state index >= 15 is 0 Å². The van der Waals surface area contributed by atoms with Crippen molar-refractivity contribution in [3.8, 4) is 11.6 Å². The third-order valence-electron chi connectivity index (χ3n) is 4.28. The van der Waals surface area contributed by atoms with Crippen LogP contribution in [0.1, 0.15) is 32.0 Å². The number of benzene rings is 1. The Morgan fingerprint density at radius 2 is 1.88 bits per heavy atom. The Morgan fingerprint density at radius 1 is 1.15 bits per heavy atom. The van der Waals surface area contributed by atoms with Crippen LogP contribution in [-0.4, -0.2) is 32.3 Å². The van der Waals surface area contributed by atoms with E-state index in [0.717, 1.165) is 6.07 Å². The molecule has 0 fully saturated rings. The van der Waals surface area contributed by atoms with Crippen molar-refractivity contribution in [3.63, 3.8) is 0 Å². The van der Waals surface area contributed by atoms with E-state index in [1.165, 1.54) is 16.7 Å². The number of amides is 1. The fourth-order valence-electron chi connectivity index (χ4n) is 3.03. The van der Waals surface area contributed by atoms with Gasteiger partial charge in [0.05, 0.1) is 5.52 Å². The third kappa shape index (κ3) is 6.37. The molecule has 2 heterocycles. The summed E-state index contributed by atoms with van der Waals surface area (Å²) < 4.78 is 52.4. The van der Waals surface area contributed by atoms with Crippen molar-refractivity contribution >= 4 is 23.0 Å². The van der Waals surface area contributed by atoms with E-state index in [9.17, 15) is 22.8 Å². The molecule has 176 valence electrons. The molecule has 3 rings (SSSR count). The Balaban J connectivity index is 1.90. The van der Waals surface area contributed by atoms with Crippen LogP contribution in [0.2, 0.25) is 0 Å². The highest BCUT2D eigenvalue weighted by molar-refractivity contribution is 5.87. The molecule has 1 amide bonds. The predicted molar refractivity (Wildman–Crippen MR) is 112 cm³/mol. The molecule has 2 N–H and O–H groups in total. The van der Waals surface area contributed by atoms with Gasteiger partial charge in [0.25, 0.3) is 0 Å². The lowest BCUT2D eigenvalue weighted by molar-refractivity contribution is -0.141. The number of carbonyl (C=O) groups is 2. The number of rotatable bonds is 6. The number of hydrogen-bond acceptors (Lipinski definition) is 5. The molecule has 0 aliphatic heterocycles. The number of alkyl carbamates (subject to hydrolysis) is 1. The fraction of sp³-hybridized carbons (Fsp3) is 0.318. The number of aromatic nitrogens is 2. The third-order valence-corrected chi connectivity index (χ3v) is 4.28. The predicted octanol–water partition coefficient (Wildman–Crippen LogP) is 4.96. The van der Waals surface area contributed by atoms with Crippen molar-refractivity contribution in [2.75, 3.05) is 0 Å². The van der Waals surface area contributed by atoms with Crippen molar-refractivity contribution in [1.82, 2.24) is 14.9 Å². The first-order chi connectivity index (χ1) is 15.3. The average molecular weight is 465 g/mol. The van der Waals surface area contributed by atoms with Gasteiger partial charge in [0.15, 0.2) is 0 Å². The summed E-state index contributed by atoms with van der Waals surface area (Å²) in [7, 11) is 0. The quantitative estimate of drug-likeness (QED) is 0.534. The van der Waals surface area contributed by atoms with E-state index in [2.05, 4.69) is 10.3 Å². The van der Waals surface area contributed by atoms with Crippen LogP contribution in [-0.2, 0) is 28.8 Å². The Labute approximate surface area is 186 Å². The van der Waals surface area contributed by atoms with Crippen LogP contribution in [0, 0.1) is 0 Å². The zero-order chi connectivity index (χ0) is 24.4. The number of aliphatic carboxylic acids is 1. The van der Waals surface area contributed by atoms with Crippen LogP contribution >= 0.6 is 0 Å². The molecule has 0 unspecified atom stereocenters. The summed E-state index contributed by atoms with van der Waals surface area (Å²) in [6, 6.07) is 8.49. The van der Waals surface area contributed by atoms with Gasteiger partial charge < -0.3 is 24.5 Å². The Hall–Kier alpha value is -3.76. The first kappa shape index (κ1) is 23.9. The number of nitrogens with one attached hydrogen (secondary N) is 1. The standard InChI is InChI=1S/C22H22F3N3O5/c1-21(2,3)33-20(31)26-11-13-9-17(22(23,24)25)27-18(10-13)32-16-6-4-5-15-14(16)7-8-28(15)12-19(29)30/h4-10H,11-12H2,1-3H3,(H,26,31)(H,29,30). The number of nitrogens with zero attached hydrogens (tertiary/aromatic N) is 2. The Kier molecular flexibility index (Phi) is 6.52. The number of fused-ring (bicyclic) bond motifs is 1. The molecule has 33 heavy (non-hydrogen) atoms. The Bertz CT molecular complexity index is 1180. The summed E-state index contributed by atoms with van der Waals surface area (Å²) in [6.45, 7) is 4.47. The van der Waals surface area contributed by atoms with Gasteiger partial charge in [-0.1, -0.05) is 6.07 Å². The molecule has 3 aromatic rings.